The van der Waals surface area contributed by atoms with Crippen LogP contribution in [0.4, 0.5) is 5.69 Å². The van der Waals surface area contributed by atoms with Crippen molar-refractivity contribution in [3.63, 3.8) is 0 Å². The first-order valence-corrected chi connectivity index (χ1v) is 9.37. The lowest BCUT2D eigenvalue weighted by atomic mass is 10.1. The zero-order chi connectivity index (χ0) is 19.8. The van der Waals surface area contributed by atoms with E-state index in [9.17, 15) is 4.79 Å². The standard InChI is InChI=1S/C20H24Cl2N4O/c1-14(27)25-17-7-4-15(5-8-17)10-11-24-20(23-2)26(3)13-16-6-9-18(21)19(22)12-16/h4-9,12H,10-11,13H2,1-3H3,(H,23,24)(H,25,27). The molecule has 0 aliphatic heterocycles. The molecule has 0 saturated heterocycles. The van der Waals surface area contributed by atoms with Gasteiger partial charge in [-0.05, 0) is 41.8 Å². The fourth-order valence-electron chi connectivity index (χ4n) is 2.65. The number of benzene rings is 2. The fraction of sp³-hybridized carbons (Fsp3) is 0.300. The van der Waals surface area contributed by atoms with Crippen molar-refractivity contribution in [3.05, 3.63) is 63.6 Å². The van der Waals surface area contributed by atoms with E-state index in [2.05, 4.69) is 15.6 Å². The lowest BCUT2D eigenvalue weighted by Gasteiger charge is -2.22. The van der Waals surface area contributed by atoms with E-state index in [1.807, 2.05) is 48.3 Å². The Bertz CT molecular complexity index is 806. The van der Waals surface area contributed by atoms with Crippen LogP contribution in [0.1, 0.15) is 18.1 Å². The van der Waals surface area contributed by atoms with Crippen molar-refractivity contribution in [2.24, 2.45) is 4.99 Å². The molecule has 0 aliphatic carbocycles. The summed E-state index contributed by atoms with van der Waals surface area (Å²) in [4.78, 5) is 17.4. The maximum Gasteiger partial charge on any atom is 0.221 e. The van der Waals surface area contributed by atoms with Gasteiger partial charge in [-0.2, -0.15) is 0 Å². The Labute approximate surface area is 170 Å². The molecule has 0 spiro atoms. The summed E-state index contributed by atoms with van der Waals surface area (Å²) in [5.74, 6) is 0.731. The van der Waals surface area contributed by atoms with Gasteiger partial charge in [-0.25, -0.2) is 0 Å². The van der Waals surface area contributed by atoms with Gasteiger partial charge in [-0.3, -0.25) is 9.79 Å². The minimum Gasteiger partial charge on any atom is -0.356 e. The molecule has 0 radical (unpaired) electrons. The number of hydrogen-bond donors (Lipinski definition) is 2. The van der Waals surface area contributed by atoms with Crippen LogP contribution >= 0.6 is 23.2 Å². The number of rotatable bonds is 6. The molecule has 2 rings (SSSR count). The number of anilines is 1. The van der Waals surface area contributed by atoms with Crippen LogP contribution in [0.3, 0.4) is 0 Å². The monoisotopic (exact) mass is 406 g/mol. The summed E-state index contributed by atoms with van der Waals surface area (Å²) >= 11 is 12.0. The van der Waals surface area contributed by atoms with E-state index < -0.39 is 0 Å². The van der Waals surface area contributed by atoms with Crippen molar-refractivity contribution in [1.82, 2.24) is 10.2 Å². The molecule has 1 amide bonds. The molecule has 2 aromatic carbocycles. The maximum absolute atomic E-state index is 11.1. The van der Waals surface area contributed by atoms with Crippen LogP contribution in [0.5, 0.6) is 0 Å². The highest BCUT2D eigenvalue weighted by Crippen LogP contribution is 2.23. The van der Waals surface area contributed by atoms with Crippen molar-refractivity contribution >= 4 is 40.8 Å². The van der Waals surface area contributed by atoms with E-state index >= 15 is 0 Å². The van der Waals surface area contributed by atoms with Gasteiger partial charge in [0.2, 0.25) is 5.91 Å². The molecular formula is C20H24Cl2N4O. The van der Waals surface area contributed by atoms with Crippen molar-refractivity contribution in [3.8, 4) is 0 Å². The number of carbonyl (C=O) groups is 1. The Morgan fingerprint density at radius 1 is 1.07 bits per heavy atom. The fourth-order valence-corrected chi connectivity index (χ4v) is 2.97. The van der Waals surface area contributed by atoms with Crippen LogP contribution in [0.2, 0.25) is 10.0 Å². The van der Waals surface area contributed by atoms with E-state index in [-0.39, 0.29) is 5.91 Å². The number of halogens is 2. The number of guanidine groups is 1. The molecule has 0 unspecified atom stereocenters. The number of aliphatic imine (C=N–C) groups is 1. The third-order valence-electron chi connectivity index (χ3n) is 3.95. The third-order valence-corrected chi connectivity index (χ3v) is 4.69. The Morgan fingerprint density at radius 2 is 1.74 bits per heavy atom. The lowest BCUT2D eigenvalue weighted by molar-refractivity contribution is -0.114. The first-order valence-electron chi connectivity index (χ1n) is 8.61. The summed E-state index contributed by atoms with van der Waals surface area (Å²) < 4.78 is 0. The highest BCUT2D eigenvalue weighted by Gasteiger charge is 2.08. The van der Waals surface area contributed by atoms with Crippen molar-refractivity contribution in [2.75, 3.05) is 26.0 Å². The van der Waals surface area contributed by atoms with Gasteiger partial charge in [0.25, 0.3) is 0 Å². The average Bonchev–Trinajstić information content (AvgIpc) is 2.62. The van der Waals surface area contributed by atoms with Gasteiger partial charge in [-0.1, -0.05) is 41.4 Å². The first-order chi connectivity index (χ1) is 12.9. The second kappa shape index (κ2) is 10.2. The quantitative estimate of drug-likeness (QED) is 0.558. The minimum atomic E-state index is -0.0711. The molecule has 2 aromatic rings. The normalized spacial score (nSPS) is 11.2. The third kappa shape index (κ3) is 6.77. The molecule has 144 valence electrons. The molecule has 0 fully saturated rings. The summed E-state index contributed by atoms with van der Waals surface area (Å²) in [6.07, 6.45) is 0.847. The van der Waals surface area contributed by atoms with Crippen LogP contribution in [0.15, 0.2) is 47.5 Å². The zero-order valence-electron chi connectivity index (χ0n) is 15.7. The van der Waals surface area contributed by atoms with Crippen LogP contribution in [-0.2, 0) is 17.8 Å². The van der Waals surface area contributed by atoms with Gasteiger partial charge >= 0.3 is 0 Å². The lowest BCUT2D eigenvalue weighted by Crippen LogP contribution is -2.39. The second-order valence-corrected chi connectivity index (χ2v) is 7.02. The second-order valence-electron chi connectivity index (χ2n) is 6.21. The van der Waals surface area contributed by atoms with Gasteiger partial charge in [0.1, 0.15) is 0 Å². The molecular weight excluding hydrogens is 383 g/mol. The molecule has 0 aromatic heterocycles. The van der Waals surface area contributed by atoms with E-state index in [1.54, 1.807) is 13.1 Å². The SMILES string of the molecule is CN=C(NCCc1ccc(NC(C)=O)cc1)N(C)Cc1ccc(Cl)c(Cl)c1. The maximum atomic E-state index is 11.1. The molecule has 7 heteroatoms. The Hall–Kier alpha value is -2.24. The predicted molar refractivity (Wildman–Crippen MR) is 114 cm³/mol. The average molecular weight is 407 g/mol. The zero-order valence-corrected chi connectivity index (χ0v) is 17.2. The summed E-state index contributed by atoms with van der Waals surface area (Å²) in [7, 11) is 3.73. The number of hydrogen-bond acceptors (Lipinski definition) is 2. The molecule has 0 aliphatic rings. The number of amides is 1. The van der Waals surface area contributed by atoms with Gasteiger partial charge < -0.3 is 15.5 Å². The van der Waals surface area contributed by atoms with Crippen molar-refractivity contribution in [2.45, 2.75) is 19.9 Å². The van der Waals surface area contributed by atoms with E-state index in [4.69, 9.17) is 23.2 Å². The summed E-state index contributed by atoms with van der Waals surface area (Å²) in [6.45, 7) is 2.91. The minimum absolute atomic E-state index is 0.0711. The van der Waals surface area contributed by atoms with Gasteiger partial charge in [-0.15, -0.1) is 0 Å². The van der Waals surface area contributed by atoms with Crippen LogP contribution in [-0.4, -0.2) is 37.4 Å². The number of nitrogens with one attached hydrogen (secondary N) is 2. The van der Waals surface area contributed by atoms with E-state index in [0.717, 1.165) is 30.2 Å². The topological polar surface area (TPSA) is 56.7 Å². The Balaban J connectivity index is 1.85. The van der Waals surface area contributed by atoms with Crippen LogP contribution in [0.25, 0.3) is 0 Å². The summed E-state index contributed by atoms with van der Waals surface area (Å²) in [6, 6.07) is 13.4. The van der Waals surface area contributed by atoms with Gasteiger partial charge in [0.15, 0.2) is 5.96 Å². The van der Waals surface area contributed by atoms with Gasteiger partial charge in [0.05, 0.1) is 10.0 Å². The Kier molecular flexibility index (Phi) is 7.95. The summed E-state index contributed by atoms with van der Waals surface area (Å²) in [5, 5.41) is 7.22. The van der Waals surface area contributed by atoms with Crippen molar-refractivity contribution in [1.29, 1.82) is 0 Å². The molecule has 0 heterocycles. The highest BCUT2D eigenvalue weighted by atomic mass is 35.5. The molecule has 0 atom stereocenters. The van der Waals surface area contributed by atoms with E-state index in [0.29, 0.717) is 16.6 Å². The number of nitrogens with zero attached hydrogens (tertiary/aromatic N) is 2. The highest BCUT2D eigenvalue weighted by molar-refractivity contribution is 6.42. The van der Waals surface area contributed by atoms with Crippen LogP contribution in [0, 0.1) is 0 Å². The predicted octanol–water partition coefficient (Wildman–Crippen LogP) is 4.20. The van der Waals surface area contributed by atoms with Gasteiger partial charge in [0, 0.05) is 39.8 Å². The molecule has 0 saturated carbocycles. The molecule has 0 bridgehead atoms. The van der Waals surface area contributed by atoms with E-state index in [1.165, 1.54) is 12.5 Å². The van der Waals surface area contributed by atoms with Crippen molar-refractivity contribution < 1.29 is 4.79 Å². The largest absolute Gasteiger partial charge is 0.356 e. The molecule has 2 N–H and O–H groups in total. The smallest absolute Gasteiger partial charge is 0.221 e. The first kappa shape index (κ1) is 21.1. The summed E-state index contributed by atoms with van der Waals surface area (Å²) in [5.41, 5.74) is 3.04. The molecule has 27 heavy (non-hydrogen) atoms. The number of carbonyl (C=O) groups excluding carboxylic acids is 1. The molecule has 5 nitrogen and oxygen atoms in total. The van der Waals surface area contributed by atoms with Crippen LogP contribution < -0.4 is 10.6 Å². The Morgan fingerprint density at radius 3 is 2.33 bits per heavy atom.